The molecule has 2 amide bonds. The molecule has 1 fully saturated rings. The SMILES string of the molecule is CC1CCN(C(=O)NCCCn2ccc3ccccc32)CC1O. The summed E-state index contributed by atoms with van der Waals surface area (Å²) < 4.78 is 2.22. The molecule has 23 heavy (non-hydrogen) atoms. The Kier molecular flexibility index (Phi) is 4.86. The van der Waals surface area contributed by atoms with Gasteiger partial charge in [0.25, 0.3) is 0 Å². The third kappa shape index (κ3) is 3.67. The molecule has 1 aliphatic heterocycles. The van der Waals surface area contributed by atoms with E-state index in [1.54, 1.807) is 4.90 Å². The van der Waals surface area contributed by atoms with Crippen molar-refractivity contribution in [2.75, 3.05) is 19.6 Å². The first-order valence-electron chi connectivity index (χ1n) is 8.40. The molecule has 0 bridgehead atoms. The van der Waals surface area contributed by atoms with Gasteiger partial charge in [-0.05, 0) is 36.3 Å². The van der Waals surface area contributed by atoms with Gasteiger partial charge in [0.2, 0.25) is 0 Å². The molecule has 1 aliphatic rings. The molecule has 0 radical (unpaired) electrons. The number of benzene rings is 1. The lowest BCUT2D eigenvalue weighted by Crippen LogP contribution is -2.49. The van der Waals surface area contributed by atoms with Gasteiger partial charge in [0.05, 0.1) is 6.10 Å². The summed E-state index contributed by atoms with van der Waals surface area (Å²) in [4.78, 5) is 13.8. The van der Waals surface area contributed by atoms with Gasteiger partial charge in [0.15, 0.2) is 0 Å². The average molecular weight is 315 g/mol. The van der Waals surface area contributed by atoms with Crippen LogP contribution in [0.2, 0.25) is 0 Å². The van der Waals surface area contributed by atoms with E-state index >= 15 is 0 Å². The maximum Gasteiger partial charge on any atom is 0.317 e. The first-order chi connectivity index (χ1) is 11.1. The number of rotatable bonds is 4. The molecule has 2 aromatic rings. The molecule has 5 nitrogen and oxygen atoms in total. The molecule has 1 aromatic carbocycles. The fourth-order valence-corrected chi connectivity index (χ4v) is 3.13. The number of β-amino-alcohol motifs (C(OH)–C–C–N with tert-alkyl or cyclic N) is 1. The number of aliphatic hydroxyl groups excluding tert-OH is 1. The lowest BCUT2D eigenvalue weighted by Gasteiger charge is -2.34. The second-order valence-electron chi connectivity index (χ2n) is 6.43. The highest BCUT2D eigenvalue weighted by atomic mass is 16.3. The standard InChI is InChI=1S/C18H25N3O2/c1-14-7-11-21(13-17(14)22)18(23)19-9-4-10-20-12-8-15-5-2-3-6-16(15)20/h2-3,5-6,8,12,14,17,22H,4,7,9-11,13H2,1H3,(H,19,23). The van der Waals surface area contributed by atoms with Crippen molar-refractivity contribution in [3.8, 4) is 0 Å². The molecule has 0 saturated carbocycles. The van der Waals surface area contributed by atoms with Gasteiger partial charge in [-0.3, -0.25) is 0 Å². The number of hydrogen-bond acceptors (Lipinski definition) is 2. The molecule has 124 valence electrons. The van der Waals surface area contributed by atoms with E-state index in [0.29, 0.717) is 13.1 Å². The van der Waals surface area contributed by atoms with E-state index in [0.717, 1.165) is 25.9 Å². The van der Waals surface area contributed by atoms with Gasteiger partial charge in [-0.25, -0.2) is 4.79 Å². The van der Waals surface area contributed by atoms with Crippen LogP contribution in [-0.4, -0.2) is 46.3 Å². The van der Waals surface area contributed by atoms with E-state index < -0.39 is 6.10 Å². The van der Waals surface area contributed by atoms with Crippen molar-refractivity contribution in [1.82, 2.24) is 14.8 Å². The zero-order valence-electron chi connectivity index (χ0n) is 13.6. The number of nitrogens with one attached hydrogen (secondary N) is 1. The minimum absolute atomic E-state index is 0.0617. The van der Waals surface area contributed by atoms with E-state index in [2.05, 4.69) is 34.3 Å². The van der Waals surface area contributed by atoms with Crippen LogP contribution < -0.4 is 5.32 Å². The Morgan fingerprint density at radius 3 is 3.00 bits per heavy atom. The number of aliphatic hydroxyl groups is 1. The smallest absolute Gasteiger partial charge is 0.317 e. The van der Waals surface area contributed by atoms with E-state index in [4.69, 9.17) is 0 Å². The molecule has 2 atom stereocenters. The molecular weight excluding hydrogens is 290 g/mol. The topological polar surface area (TPSA) is 57.5 Å². The minimum Gasteiger partial charge on any atom is -0.391 e. The Labute approximate surface area is 136 Å². The number of hydrogen-bond donors (Lipinski definition) is 2. The van der Waals surface area contributed by atoms with Crippen molar-refractivity contribution in [3.05, 3.63) is 36.5 Å². The predicted molar refractivity (Wildman–Crippen MR) is 91.3 cm³/mol. The highest BCUT2D eigenvalue weighted by Gasteiger charge is 2.26. The molecule has 2 heterocycles. The van der Waals surface area contributed by atoms with Gasteiger partial charge in [-0.15, -0.1) is 0 Å². The average Bonchev–Trinajstić information content (AvgIpc) is 2.97. The molecule has 1 saturated heterocycles. The number of urea groups is 1. The third-order valence-corrected chi connectivity index (χ3v) is 4.74. The molecule has 1 aromatic heterocycles. The number of para-hydroxylation sites is 1. The predicted octanol–water partition coefficient (Wildman–Crippen LogP) is 2.44. The summed E-state index contributed by atoms with van der Waals surface area (Å²) in [7, 11) is 0. The fraction of sp³-hybridized carbons (Fsp3) is 0.500. The van der Waals surface area contributed by atoms with Crippen molar-refractivity contribution in [2.45, 2.75) is 32.4 Å². The Balaban J connectivity index is 1.44. The summed E-state index contributed by atoms with van der Waals surface area (Å²) in [5, 5.41) is 14.1. The van der Waals surface area contributed by atoms with Crippen molar-refractivity contribution >= 4 is 16.9 Å². The Morgan fingerprint density at radius 1 is 1.35 bits per heavy atom. The molecular formula is C18H25N3O2. The fourth-order valence-electron chi connectivity index (χ4n) is 3.13. The van der Waals surface area contributed by atoms with Gasteiger partial charge >= 0.3 is 6.03 Å². The number of carbonyl (C=O) groups is 1. The maximum absolute atomic E-state index is 12.1. The first-order valence-corrected chi connectivity index (χ1v) is 8.40. The van der Waals surface area contributed by atoms with Crippen LogP contribution in [0.5, 0.6) is 0 Å². The third-order valence-electron chi connectivity index (χ3n) is 4.74. The molecule has 0 spiro atoms. The summed E-state index contributed by atoms with van der Waals surface area (Å²) in [6.45, 7) is 4.73. The Bertz CT molecular complexity index is 667. The van der Waals surface area contributed by atoms with E-state index in [1.165, 1.54) is 10.9 Å². The summed E-state index contributed by atoms with van der Waals surface area (Å²) in [5.41, 5.74) is 1.23. The summed E-state index contributed by atoms with van der Waals surface area (Å²) in [6.07, 6.45) is 3.44. The van der Waals surface area contributed by atoms with Crippen LogP contribution in [0, 0.1) is 5.92 Å². The highest BCUT2D eigenvalue weighted by molar-refractivity contribution is 5.79. The number of piperidine rings is 1. The second kappa shape index (κ2) is 7.04. The quantitative estimate of drug-likeness (QED) is 0.852. The van der Waals surface area contributed by atoms with Gasteiger partial charge in [0, 0.05) is 37.9 Å². The number of likely N-dealkylation sites (tertiary alicyclic amines) is 1. The summed E-state index contributed by atoms with van der Waals surface area (Å²) >= 11 is 0. The molecule has 3 rings (SSSR count). The van der Waals surface area contributed by atoms with Crippen LogP contribution in [-0.2, 0) is 6.54 Å². The molecule has 0 aliphatic carbocycles. The molecule has 5 heteroatoms. The summed E-state index contributed by atoms with van der Waals surface area (Å²) in [5.74, 6) is 0.279. The minimum atomic E-state index is -0.402. The zero-order chi connectivity index (χ0) is 16.2. The first kappa shape index (κ1) is 15.9. The Morgan fingerprint density at radius 2 is 2.17 bits per heavy atom. The number of carbonyl (C=O) groups excluding carboxylic acids is 1. The summed E-state index contributed by atoms with van der Waals surface area (Å²) in [6, 6.07) is 10.4. The number of aromatic nitrogens is 1. The van der Waals surface area contributed by atoms with Crippen molar-refractivity contribution in [1.29, 1.82) is 0 Å². The lowest BCUT2D eigenvalue weighted by molar-refractivity contribution is 0.0436. The van der Waals surface area contributed by atoms with Crippen molar-refractivity contribution < 1.29 is 9.90 Å². The van der Waals surface area contributed by atoms with Crippen molar-refractivity contribution in [3.63, 3.8) is 0 Å². The van der Waals surface area contributed by atoms with Gasteiger partial charge in [-0.1, -0.05) is 25.1 Å². The Hall–Kier alpha value is -2.01. The normalized spacial score (nSPS) is 21.6. The highest BCUT2D eigenvalue weighted by Crippen LogP contribution is 2.17. The van der Waals surface area contributed by atoms with Crippen LogP contribution in [0.25, 0.3) is 10.9 Å². The van der Waals surface area contributed by atoms with Gasteiger partial charge < -0.3 is 19.9 Å². The van der Waals surface area contributed by atoms with Crippen LogP contribution in [0.15, 0.2) is 36.5 Å². The zero-order valence-corrected chi connectivity index (χ0v) is 13.6. The van der Waals surface area contributed by atoms with Crippen LogP contribution >= 0.6 is 0 Å². The van der Waals surface area contributed by atoms with Gasteiger partial charge in [0.1, 0.15) is 0 Å². The molecule has 2 unspecified atom stereocenters. The molecule has 2 N–H and O–H groups in total. The number of nitrogens with zero attached hydrogens (tertiary/aromatic N) is 2. The largest absolute Gasteiger partial charge is 0.391 e. The number of aryl methyl sites for hydroxylation is 1. The monoisotopic (exact) mass is 315 g/mol. The van der Waals surface area contributed by atoms with Crippen LogP contribution in [0.1, 0.15) is 19.8 Å². The van der Waals surface area contributed by atoms with Gasteiger partial charge in [-0.2, -0.15) is 0 Å². The second-order valence-corrected chi connectivity index (χ2v) is 6.43. The van der Waals surface area contributed by atoms with Crippen molar-refractivity contribution in [2.24, 2.45) is 5.92 Å². The number of amides is 2. The number of fused-ring (bicyclic) bond motifs is 1. The lowest BCUT2D eigenvalue weighted by atomic mass is 9.96. The van der Waals surface area contributed by atoms with E-state index in [9.17, 15) is 9.90 Å². The van der Waals surface area contributed by atoms with E-state index in [-0.39, 0.29) is 11.9 Å². The van der Waals surface area contributed by atoms with Crippen LogP contribution in [0.3, 0.4) is 0 Å². The van der Waals surface area contributed by atoms with E-state index in [1.807, 2.05) is 19.1 Å². The maximum atomic E-state index is 12.1. The van der Waals surface area contributed by atoms with Crippen LogP contribution in [0.4, 0.5) is 4.79 Å².